The first kappa shape index (κ1) is 22.1. The molecule has 3 rings (SSSR count). The van der Waals surface area contributed by atoms with Crippen LogP contribution in [0.4, 0.5) is 5.00 Å². The van der Waals surface area contributed by atoms with E-state index in [0.717, 1.165) is 21.6 Å². The minimum absolute atomic E-state index is 0.230. The molecule has 0 aliphatic rings. The molecule has 0 saturated carbocycles. The molecule has 0 spiro atoms. The lowest BCUT2D eigenvalue weighted by atomic mass is 10.0. The molecule has 4 nitrogen and oxygen atoms in total. The lowest BCUT2D eigenvalue weighted by Gasteiger charge is -2.08. The monoisotopic (exact) mass is 459 g/mol. The average molecular weight is 460 g/mol. The number of hydrogen-bond acceptors (Lipinski definition) is 4. The molecule has 0 bridgehead atoms. The fraction of sp³-hybridized carbons (Fsp3) is 0.130. The van der Waals surface area contributed by atoms with Gasteiger partial charge < -0.3 is 10.1 Å². The quantitative estimate of drug-likeness (QED) is 0.323. The van der Waals surface area contributed by atoms with E-state index in [1.807, 2.05) is 37.3 Å². The van der Waals surface area contributed by atoms with Crippen molar-refractivity contribution >= 4 is 57.5 Å². The van der Waals surface area contributed by atoms with Crippen LogP contribution in [0.5, 0.6) is 0 Å². The van der Waals surface area contributed by atoms with E-state index in [1.165, 1.54) is 17.4 Å². The van der Waals surface area contributed by atoms with Gasteiger partial charge >= 0.3 is 5.97 Å². The molecule has 0 unspecified atom stereocenters. The number of nitrogens with one attached hydrogen (secondary N) is 1. The summed E-state index contributed by atoms with van der Waals surface area (Å²) in [4.78, 5) is 26.1. The van der Waals surface area contributed by atoms with Crippen molar-refractivity contribution in [3.8, 4) is 11.1 Å². The number of carbonyl (C=O) groups excluding carboxylic acids is 2. The number of hydrogen-bond donors (Lipinski definition) is 1. The summed E-state index contributed by atoms with van der Waals surface area (Å²) in [6.45, 7) is 3.86. The third-order valence-electron chi connectivity index (χ3n) is 4.25. The van der Waals surface area contributed by atoms with Gasteiger partial charge in [0.25, 0.3) is 0 Å². The largest absolute Gasteiger partial charge is 0.462 e. The maximum absolute atomic E-state index is 12.7. The fourth-order valence-corrected chi connectivity index (χ4v) is 4.32. The molecule has 30 heavy (non-hydrogen) atoms. The number of carbonyl (C=O) groups is 2. The number of esters is 1. The number of anilines is 1. The highest BCUT2D eigenvalue weighted by Gasteiger charge is 2.25. The van der Waals surface area contributed by atoms with E-state index >= 15 is 0 Å². The van der Waals surface area contributed by atoms with Crippen LogP contribution in [0.3, 0.4) is 0 Å². The molecule has 1 N–H and O–H groups in total. The van der Waals surface area contributed by atoms with Gasteiger partial charge in [-0.05, 0) is 49.2 Å². The smallest absolute Gasteiger partial charge is 0.341 e. The Kier molecular flexibility index (Phi) is 7.32. The van der Waals surface area contributed by atoms with E-state index in [-0.39, 0.29) is 12.5 Å². The summed E-state index contributed by atoms with van der Waals surface area (Å²) in [5.41, 5.74) is 2.61. The summed E-state index contributed by atoms with van der Waals surface area (Å²) in [7, 11) is 0. The zero-order chi connectivity index (χ0) is 21.7. The van der Waals surface area contributed by atoms with Crippen LogP contribution in [0.25, 0.3) is 17.2 Å². The first-order chi connectivity index (χ1) is 14.4. The predicted molar refractivity (Wildman–Crippen MR) is 125 cm³/mol. The van der Waals surface area contributed by atoms with Crippen LogP contribution in [0.15, 0.2) is 54.6 Å². The SMILES string of the molecule is CCOC(=O)c1c(NC(=O)/C=C/c2ccccc2Cl)sc(C)c1-c1ccc(Cl)cc1. The van der Waals surface area contributed by atoms with Gasteiger partial charge in [-0.15, -0.1) is 11.3 Å². The second-order valence-electron chi connectivity index (χ2n) is 6.31. The Bertz CT molecular complexity index is 1100. The zero-order valence-corrected chi connectivity index (χ0v) is 18.7. The molecule has 0 aliphatic heterocycles. The minimum atomic E-state index is -0.489. The lowest BCUT2D eigenvalue weighted by Crippen LogP contribution is -2.12. The van der Waals surface area contributed by atoms with Crippen molar-refractivity contribution < 1.29 is 14.3 Å². The molecule has 2 aromatic carbocycles. The molecule has 7 heteroatoms. The van der Waals surface area contributed by atoms with Gasteiger partial charge in [0.1, 0.15) is 10.6 Å². The van der Waals surface area contributed by atoms with Crippen LogP contribution < -0.4 is 5.32 Å². The molecule has 0 radical (unpaired) electrons. The molecule has 154 valence electrons. The van der Waals surface area contributed by atoms with Gasteiger partial charge in [0.05, 0.1) is 6.61 Å². The van der Waals surface area contributed by atoms with Crippen molar-refractivity contribution in [3.05, 3.63) is 80.7 Å². The number of thiophene rings is 1. The average Bonchev–Trinajstić information content (AvgIpc) is 3.04. The number of benzene rings is 2. The number of halogens is 2. The van der Waals surface area contributed by atoms with Gasteiger partial charge in [0, 0.05) is 26.6 Å². The van der Waals surface area contributed by atoms with Crippen molar-refractivity contribution in [2.45, 2.75) is 13.8 Å². The zero-order valence-electron chi connectivity index (χ0n) is 16.4. The summed E-state index contributed by atoms with van der Waals surface area (Å²) in [6, 6.07) is 14.4. The van der Waals surface area contributed by atoms with Crippen LogP contribution in [0.1, 0.15) is 27.7 Å². The van der Waals surface area contributed by atoms with Crippen LogP contribution in [0.2, 0.25) is 10.0 Å². The van der Waals surface area contributed by atoms with E-state index in [2.05, 4.69) is 5.32 Å². The second kappa shape index (κ2) is 9.94. The molecule has 1 aromatic heterocycles. The Morgan fingerprint density at radius 3 is 2.47 bits per heavy atom. The molecule has 0 fully saturated rings. The van der Waals surface area contributed by atoms with E-state index < -0.39 is 5.97 Å². The Balaban J connectivity index is 1.95. The first-order valence-electron chi connectivity index (χ1n) is 9.20. The summed E-state index contributed by atoms with van der Waals surface area (Å²) in [5, 5.41) is 4.39. The standard InChI is InChI=1S/C23H19Cl2NO3S/c1-3-29-23(28)21-20(16-8-11-17(24)12-9-16)14(2)30-22(21)26-19(27)13-10-15-6-4-5-7-18(15)25/h4-13H,3H2,1-2H3,(H,26,27)/b13-10+. The van der Waals surface area contributed by atoms with Gasteiger partial charge in [-0.1, -0.05) is 53.5 Å². The second-order valence-corrected chi connectivity index (χ2v) is 8.38. The van der Waals surface area contributed by atoms with Crippen LogP contribution in [-0.2, 0) is 9.53 Å². The predicted octanol–water partition coefficient (Wildman–Crippen LogP) is 6.86. The van der Waals surface area contributed by atoms with Crippen molar-refractivity contribution in [3.63, 3.8) is 0 Å². The normalized spacial score (nSPS) is 10.9. The third kappa shape index (κ3) is 5.11. The molecule has 0 saturated heterocycles. The molecule has 0 atom stereocenters. The van der Waals surface area contributed by atoms with E-state index in [0.29, 0.717) is 20.6 Å². The van der Waals surface area contributed by atoms with Crippen LogP contribution >= 0.6 is 34.5 Å². The van der Waals surface area contributed by atoms with E-state index in [4.69, 9.17) is 27.9 Å². The molecular formula is C23H19Cl2NO3S. The maximum atomic E-state index is 12.7. The number of aryl methyl sites for hydroxylation is 1. The number of rotatable bonds is 6. The lowest BCUT2D eigenvalue weighted by molar-refractivity contribution is -0.111. The maximum Gasteiger partial charge on any atom is 0.341 e. The van der Waals surface area contributed by atoms with Crippen LogP contribution in [0, 0.1) is 6.92 Å². The first-order valence-corrected chi connectivity index (χ1v) is 10.8. The van der Waals surface area contributed by atoms with Gasteiger partial charge in [0.2, 0.25) is 5.91 Å². The van der Waals surface area contributed by atoms with Gasteiger partial charge in [0.15, 0.2) is 0 Å². The highest BCUT2D eigenvalue weighted by molar-refractivity contribution is 7.17. The topological polar surface area (TPSA) is 55.4 Å². The molecule has 1 heterocycles. The highest BCUT2D eigenvalue weighted by Crippen LogP contribution is 2.40. The Morgan fingerprint density at radius 1 is 1.10 bits per heavy atom. The Hall–Kier alpha value is -2.60. The van der Waals surface area contributed by atoms with E-state index in [1.54, 1.807) is 31.2 Å². The molecule has 0 aliphatic carbocycles. The minimum Gasteiger partial charge on any atom is -0.462 e. The molecular weight excluding hydrogens is 441 g/mol. The molecule has 1 amide bonds. The van der Waals surface area contributed by atoms with Crippen molar-refractivity contribution in [1.29, 1.82) is 0 Å². The number of ether oxygens (including phenoxy) is 1. The Morgan fingerprint density at radius 2 is 1.80 bits per heavy atom. The van der Waals surface area contributed by atoms with Crippen molar-refractivity contribution in [2.24, 2.45) is 0 Å². The van der Waals surface area contributed by atoms with Crippen LogP contribution in [-0.4, -0.2) is 18.5 Å². The third-order valence-corrected chi connectivity index (χ3v) is 5.87. The summed E-state index contributed by atoms with van der Waals surface area (Å²) in [6.07, 6.45) is 3.01. The summed E-state index contributed by atoms with van der Waals surface area (Å²) in [5.74, 6) is -0.860. The Labute approximate surface area is 189 Å². The fourth-order valence-electron chi connectivity index (χ4n) is 2.92. The van der Waals surface area contributed by atoms with Gasteiger partial charge in [-0.25, -0.2) is 4.79 Å². The summed E-state index contributed by atoms with van der Waals surface area (Å²) >= 11 is 13.4. The van der Waals surface area contributed by atoms with Crippen molar-refractivity contribution in [1.82, 2.24) is 0 Å². The highest BCUT2D eigenvalue weighted by atomic mass is 35.5. The van der Waals surface area contributed by atoms with Gasteiger partial charge in [-0.3, -0.25) is 4.79 Å². The van der Waals surface area contributed by atoms with E-state index in [9.17, 15) is 9.59 Å². The molecule has 3 aromatic rings. The van der Waals surface area contributed by atoms with Gasteiger partial charge in [-0.2, -0.15) is 0 Å². The summed E-state index contributed by atoms with van der Waals surface area (Å²) < 4.78 is 5.25. The number of amides is 1. The van der Waals surface area contributed by atoms with Crippen molar-refractivity contribution in [2.75, 3.05) is 11.9 Å².